The Labute approximate surface area is 151 Å². The van der Waals surface area contributed by atoms with Crippen molar-refractivity contribution >= 4 is 27.1 Å². The predicted molar refractivity (Wildman–Crippen MR) is 95.9 cm³/mol. The second-order valence-electron chi connectivity index (χ2n) is 5.65. The maximum atomic E-state index is 12.7. The Hall–Kier alpha value is -2.39. The monoisotopic (exact) mass is 408 g/mol. The van der Waals surface area contributed by atoms with E-state index in [4.69, 9.17) is 4.74 Å². The normalized spacial score (nSPS) is 12.5. The molecule has 9 heteroatoms. The van der Waals surface area contributed by atoms with Crippen molar-refractivity contribution in [3.05, 3.63) is 55.9 Å². The topological polar surface area (TPSA) is 91.3 Å². The molecule has 2 aromatic heterocycles. The minimum Gasteiger partial charge on any atom is -0.491 e. The summed E-state index contributed by atoms with van der Waals surface area (Å²) in [6.45, 7) is -0.205. The number of imidazole rings is 1. The molecule has 132 valence electrons. The van der Waals surface area contributed by atoms with Crippen LogP contribution in [0.25, 0.3) is 11.2 Å². The lowest BCUT2D eigenvalue weighted by Gasteiger charge is -2.14. The number of hydrogen-bond acceptors (Lipinski definition) is 5. The van der Waals surface area contributed by atoms with Gasteiger partial charge in [0.25, 0.3) is 5.56 Å². The van der Waals surface area contributed by atoms with E-state index in [1.165, 1.54) is 11.6 Å². The van der Waals surface area contributed by atoms with Crippen molar-refractivity contribution in [3.8, 4) is 5.75 Å². The molecule has 0 amide bonds. The molecule has 0 aliphatic rings. The molecule has 2 heterocycles. The first-order valence-corrected chi connectivity index (χ1v) is 8.37. The molecule has 0 bridgehead atoms. The standard InChI is InChI=1S/C16H17BrN4O4/c1-19-12-13(18-15(19)17)20(2)16(24)21(14(12)23)8-10(22)9-25-11-6-4-3-5-7-11/h3-7,10,22H,8-9H2,1-2H3/t10-/m1/s1. The van der Waals surface area contributed by atoms with E-state index in [9.17, 15) is 14.7 Å². The van der Waals surface area contributed by atoms with E-state index in [0.717, 1.165) is 4.57 Å². The van der Waals surface area contributed by atoms with Crippen molar-refractivity contribution in [2.75, 3.05) is 6.61 Å². The quantitative estimate of drug-likeness (QED) is 0.625. The minimum atomic E-state index is -1.01. The number of para-hydroxylation sites is 1. The van der Waals surface area contributed by atoms with Crippen LogP contribution in [0.3, 0.4) is 0 Å². The summed E-state index contributed by atoms with van der Waals surface area (Å²) in [6, 6.07) is 9.01. The summed E-state index contributed by atoms with van der Waals surface area (Å²) in [6.07, 6.45) is -1.01. The first-order valence-electron chi connectivity index (χ1n) is 7.57. The molecular formula is C16H17BrN4O4. The van der Waals surface area contributed by atoms with E-state index in [1.807, 2.05) is 18.2 Å². The van der Waals surface area contributed by atoms with Gasteiger partial charge in [0.1, 0.15) is 18.5 Å². The molecule has 1 aromatic carbocycles. The van der Waals surface area contributed by atoms with Crippen molar-refractivity contribution in [1.82, 2.24) is 18.7 Å². The molecule has 1 N–H and O–H groups in total. The van der Waals surface area contributed by atoms with Gasteiger partial charge in [-0.15, -0.1) is 0 Å². The number of rotatable bonds is 5. The Morgan fingerprint density at radius 1 is 1.20 bits per heavy atom. The van der Waals surface area contributed by atoms with E-state index in [0.29, 0.717) is 10.5 Å². The summed E-state index contributed by atoms with van der Waals surface area (Å²) in [7, 11) is 3.21. The zero-order valence-corrected chi connectivity index (χ0v) is 15.3. The third-order valence-electron chi connectivity index (χ3n) is 3.88. The summed E-state index contributed by atoms with van der Waals surface area (Å²) in [5.41, 5.74) is -0.472. The molecule has 3 rings (SSSR count). The first kappa shape index (κ1) is 17.4. The number of halogens is 1. The highest BCUT2D eigenvalue weighted by Gasteiger charge is 2.19. The molecule has 3 aromatic rings. The molecule has 0 spiro atoms. The molecule has 0 radical (unpaired) electrons. The fourth-order valence-electron chi connectivity index (χ4n) is 2.55. The smallest absolute Gasteiger partial charge is 0.332 e. The van der Waals surface area contributed by atoms with Crippen molar-refractivity contribution in [3.63, 3.8) is 0 Å². The number of aliphatic hydroxyl groups is 1. The van der Waals surface area contributed by atoms with Crippen molar-refractivity contribution in [2.24, 2.45) is 14.1 Å². The van der Waals surface area contributed by atoms with Crippen LogP contribution < -0.4 is 16.0 Å². The third-order valence-corrected chi connectivity index (χ3v) is 4.59. The maximum absolute atomic E-state index is 12.7. The maximum Gasteiger partial charge on any atom is 0.332 e. The predicted octanol–water partition coefficient (Wildman–Crippen LogP) is 0.636. The van der Waals surface area contributed by atoms with Gasteiger partial charge in [-0.25, -0.2) is 9.78 Å². The molecule has 8 nitrogen and oxygen atoms in total. The summed E-state index contributed by atoms with van der Waals surface area (Å²) in [5.74, 6) is 0.604. The fraction of sp³-hybridized carbons (Fsp3) is 0.312. The summed E-state index contributed by atoms with van der Waals surface area (Å²) in [5, 5.41) is 10.2. The molecule has 0 saturated carbocycles. The highest BCUT2D eigenvalue weighted by atomic mass is 79.9. The van der Waals surface area contributed by atoms with Gasteiger partial charge in [-0.1, -0.05) is 18.2 Å². The van der Waals surface area contributed by atoms with E-state index in [1.54, 1.807) is 23.7 Å². The van der Waals surface area contributed by atoms with Gasteiger partial charge in [0.2, 0.25) is 0 Å². The SMILES string of the molecule is Cn1c(Br)nc2c1c(=O)n(C[C@@H](O)COc1ccccc1)c(=O)n2C. The lowest BCUT2D eigenvalue weighted by Crippen LogP contribution is -2.43. The molecule has 25 heavy (non-hydrogen) atoms. The van der Waals surface area contributed by atoms with Crippen LogP contribution >= 0.6 is 15.9 Å². The molecular weight excluding hydrogens is 392 g/mol. The van der Waals surface area contributed by atoms with Crippen LogP contribution in [0.15, 0.2) is 44.7 Å². The molecule has 0 aliphatic heterocycles. The Kier molecular flexibility index (Phi) is 4.78. The van der Waals surface area contributed by atoms with Gasteiger partial charge in [0.05, 0.1) is 6.54 Å². The van der Waals surface area contributed by atoms with Gasteiger partial charge >= 0.3 is 5.69 Å². The van der Waals surface area contributed by atoms with Crippen molar-refractivity contribution in [1.29, 1.82) is 0 Å². The van der Waals surface area contributed by atoms with Crippen LogP contribution in [0.1, 0.15) is 0 Å². The van der Waals surface area contributed by atoms with Crippen LogP contribution in [-0.2, 0) is 20.6 Å². The van der Waals surface area contributed by atoms with Crippen LogP contribution in [0.2, 0.25) is 0 Å². The molecule has 0 fully saturated rings. The molecule has 0 saturated heterocycles. The van der Waals surface area contributed by atoms with Crippen molar-refractivity contribution < 1.29 is 9.84 Å². The van der Waals surface area contributed by atoms with Gasteiger partial charge in [-0.3, -0.25) is 13.9 Å². The Bertz CT molecular complexity index is 1020. The second kappa shape index (κ2) is 6.85. The number of nitrogens with zero attached hydrogens (tertiary/aromatic N) is 4. The lowest BCUT2D eigenvalue weighted by atomic mass is 10.3. The lowest BCUT2D eigenvalue weighted by molar-refractivity contribution is 0.0902. The highest BCUT2D eigenvalue weighted by molar-refractivity contribution is 9.10. The second-order valence-corrected chi connectivity index (χ2v) is 6.36. The molecule has 1 atom stereocenters. The van der Waals surface area contributed by atoms with Crippen LogP contribution in [0, 0.1) is 0 Å². The number of benzene rings is 1. The average molecular weight is 409 g/mol. The number of aliphatic hydroxyl groups excluding tert-OH is 1. The average Bonchev–Trinajstić information content (AvgIpc) is 2.91. The summed E-state index contributed by atoms with van der Waals surface area (Å²) < 4.78 is 9.75. The molecule has 0 aliphatic carbocycles. The number of aryl methyl sites for hydroxylation is 2. The summed E-state index contributed by atoms with van der Waals surface area (Å²) >= 11 is 3.25. The van der Waals surface area contributed by atoms with Crippen LogP contribution in [0.4, 0.5) is 0 Å². The largest absolute Gasteiger partial charge is 0.491 e. The van der Waals surface area contributed by atoms with Crippen molar-refractivity contribution in [2.45, 2.75) is 12.6 Å². The third kappa shape index (κ3) is 3.24. The van der Waals surface area contributed by atoms with Gasteiger partial charge in [0, 0.05) is 14.1 Å². The number of fused-ring (bicyclic) bond motifs is 1. The zero-order chi connectivity index (χ0) is 18.1. The van der Waals surface area contributed by atoms with Crippen LogP contribution in [0.5, 0.6) is 5.75 Å². The van der Waals surface area contributed by atoms with E-state index >= 15 is 0 Å². The molecule has 0 unspecified atom stereocenters. The van der Waals surface area contributed by atoms with Gasteiger partial charge in [0.15, 0.2) is 15.9 Å². The summed E-state index contributed by atoms with van der Waals surface area (Å²) in [4.78, 5) is 29.3. The fourth-order valence-corrected chi connectivity index (χ4v) is 2.90. The van der Waals surface area contributed by atoms with Gasteiger partial charge in [-0.05, 0) is 28.1 Å². The Morgan fingerprint density at radius 2 is 1.88 bits per heavy atom. The van der Waals surface area contributed by atoms with Gasteiger partial charge in [-0.2, -0.15) is 0 Å². The van der Waals surface area contributed by atoms with E-state index < -0.39 is 17.4 Å². The number of ether oxygens (including phenoxy) is 1. The van der Waals surface area contributed by atoms with E-state index in [-0.39, 0.29) is 24.3 Å². The Morgan fingerprint density at radius 3 is 2.56 bits per heavy atom. The zero-order valence-electron chi connectivity index (χ0n) is 13.7. The Balaban J connectivity index is 1.89. The minimum absolute atomic E-state index is 0.0350. The number of hydrogen-bond donors (Lipinski definition) is 1. The number of aromatic nitrogens is 4. The van der Waals surface area contributed by atoms with E-state index in [2.05, 4.69) is 20.9 Å². The highest BCUT2D eigenvalue weighted by Crippen LogP contribution is 2.14. The van der Waals surface area contributed by atoms with Gasteiger partial charge < -0.3 is 14.4 Å². The first-order chi connectivity index (χ1) is 11.9. The van der Waals surface area contributed by atoms with Crippen LogP contribution in [-0.4, -0.2) is 36.5 Å².